The van der Waals surface area contributed by atoms with Crippen LogP contribution in [0.3, 0.4) is 0 Å². The second-order valence-electron chi connectivity index (χ2n) is 4.48. The predicted molar refractivity (Wildman–Crippen MR) is 79.0 cm³/mol. The molecule has 0 spiro atoms. The first-order valence-corrected chi connectivity index (χ1v) is 7.26. The lowest BCUT2D eigenvalue weighted by Gasteiger charge is -2.11. The van der Waals surface area contributed by atoms with Crippen LogP contribution >= 0.6 is 11.3 Å². The molecule has 5 heteroatoms. The molecule has 1 unspecified atom stereocenters. The predicted octanol–water partition coefficient (Wildman–Crippen LogP) is 2.29. The van der Waals surface area contributed by atoms with Gasteiger partial charge in [0.05, 0.1) is 6.10 Å². The smallest absolute Gasteiger partial charge is 0.258 e. The van der Waals surface area contributed by atoms with Gasteiger partial charge in [-0.15, -0.1) is 0 Å². The molecule has 1 heterocycles. The summed E-state index contributed by atoms with van der Waals surface area (Å²) in [5.41, 5.74) is 1.95. The Bertz CT molecular complexity index is 537. The molecule has 0 radical (unpaired) electrons. The van der Waals surface area contributed by atoms with Crippen LogP contribution in [0.25, 0.3) is 0 Å². The van der Waals surface area contributed by atoms with E-state index in [9.17, 15) is 9.90 Å². The van der Waals surface area contributed by atoms with Gasteiger partial charge in [-0.25, -0.2) is 0 Å². The molecule has 2 N–H and O–H groups in total. The van der Waals surface area contributed by atoms with Gasteiger partial charge in [0.15, 0.2) is 6.61 Å². The Balaban J connectivity index is 1.71. The number of aryl methyl sites for hydroxylation is 1. The fourth-order valence-electron chi connectivity index (χ4n) is 1.63. The molecule has 0 fully saturated rings. The lowest BCUT2D eigenvalue weighted by atomic mass is 10.2. The number of amides is 1. The minimum atomic E-state index is -0.676. The van der Waals surface area contributed by atoms with Gasteiger partial charge in [-0.1, -0.05) is 17.7 Å². The zero-order valence-corrected chi connectivity index (χ0v) is 12.0. The van der Waals surface area contributed by atoms with Gasteiger partial charge in [0, 0.05) is 6.54 Å². The third-order valence-electron chi connectivity index (χ3n) is 2.81. The van der Waals surface area contributed by atoms with Crippen LogP contribution in [0.5, 0.6) is 5.75 Å². The van der Waals surface area contributed by atoms with Crippen LogP contribution in [0, 0.1) is 6.92 Å². The van der Waals surface area contributed by atoms with Crippen LogP contribution in [0.15, 0.2) is 41.1 Å². The highest BCUT2D eigenvalue weighted by molar-refractivity contribution is 7.07. The van der Waals surface area contributed by atoms with Crippen molar-refractivity contribution in [1.29, 1.82) is 0 Å². The molecule has 0 aliphatic rings. The van der Waals surface area contributed by atoms with Crippen LogP contribution < -0.4 is 10.1 Å². The first-order chi connectivity index (χ1) is 9.65. The number of thiophene rings is 1. The molecular weight excluding hydrogens is 274 g/mol. The Morgan fingerprint density at radius 2 is 2.10 bits per heavy atom. The van der Waals surface area contributed by atoms with Gasteiger partial charge in [-0.3, -0.25) is 4.79 Å². The number of aliphatic hydroxyl groups excluding tert-OH is 1. The molecule has 1 aromatic carbocycles. The van der Waals surface area contributed by atoms with E-state index in [0.29, 0.717) is 5.75 Å². The van der Waals surface area contributed by atoms with Crippen molar-refractivity contribution in [3.05, 3.63) is 52.2 Å². The van der Waals surface area contributed by atoms with Gasteiger partial charge in [-0.2, -0.15) is 11.3 Å². The standard InChI is InChI=1S/C15H17NO3S/c1-11-2-4-13(5-3-11)19-9-15(18)16-8-14(17)12-6-7-20-10-12/h2-7,10,14,17H,8-9H2,1H3,(H,16,18). The van der Waals surface area contributed by atoms with Gasteiger partial charge in [0.25, 0.3) is 5.91 Å². The molecule has 1 atom stereocenters. The van der Waals surface area contributed by atoms with E-state index in [1.165, 1.54) is 11.3 Å². The fourth-order valence-corrected chi connectivity index (χ4v) is 2.33. The molecular formula is C15H17NO3S. The van der Waals surface area contributed by atoms with Crippen LogP contribution in [0.4, 0.5) is 0 Å². The fraction of sp³-hybridized carbons (Fsp3) is 0.267. The Morgan fingerprint density at radius 3 is 2.75 bits per heavy atom. The van der Waals surface area contributed by atoms with Crippen molar-refractivity contribution < 1.29 is 14.6 Å². The number of rotatable bonds is 6. The molecule has 106 valence electrons. The van der Waals surface area contributed by atoms with Crippen molar-refractivity contribution >= 4 is 17.2 Å². The summed E-state index contributed by atoms with van der Waals surface area (Å²) >= 11 is 1.51. The van der Waals surface area contributed by atoms with Crippen molar-refractivity contribution in [1.82, 2.24) is 5.32 Å². The largest absolute Gasteiger partial charge is 0.484 e. The topological polar surface area (TPSA) is 58.6 Å². The molecule has 4 nitrogen and oxygen atoms in total. The van der Waals surface area contributed by atoms with E-state index in [2.05, 4.69) is 5.32 Å². The molecule has 20 heavy (non-hydrogen) atoms. The Hall–Kier alpha value is -1.85. The van der Waals surface area contributed by atoms with Crippen LogP contribution in [0.2, 0.25) is 0 Å². The summed E-state index contributed by atoms with van der Waals surface area (Å²) in [5.74, 6) is 0.406. The average molecular weight is 291 g/mol. The highest BCUT2D eigenvalue weighted by Gasteiger charge is 2.10. The second kappa shape index (κ2) is 7.07. The van der Waals surface area contributed by atoms with Crippen molar-refractivity contribution in [2.24, 2.45) is 0 Å². The number of carbonyl (C=O) groups excluding carboxylic acids is 1. The third-order valence-corrected chi connectivity index (χ3v) is 3.51. The van der Waals surface area contributed by atoms with Crippen molar-refractivity contribution in [2.45, 2.75) is 13.0 Å². The summed E-state index contributed by atoms with van der Waals surface area (Å²) in [5, 5.41) is 16.2. The molecule has 0 saturated carbocycles. The molecule has 2 rings (SSSR count). The third kappa shape index (κ3) is 4.36. The lowest BCUT2D eigenvalue weighted by molar-refractivity contribution is -0.123. The maximum atomic E-state index is 11.6. The van der Waals surface area contributed by atoms with Crippen LogP contribution in [-0.4, -0.2) is 24.2 Å². The van der Waals surface area contributed by atoms with E-state index in [4.69, 9.17) is 4.74 Å². The van der Waals surface area contributed by atoms with E-state index >= 15 is 0 Å². The van der Waals surface area contributed by atoms with E-state index in [1.54, 1.807) is 0 Å². The summed E-state index contributed by atoms with van der Waals surface area (Å²) in [7, 11) is 0. The van der Waals surface area contributed by atoms with Crippen molar-refractivity contribution in [3.8, 4) is 5.75 Å². The summed E-state index contributed by atoms with van der Waals surface area (Å²) in [6.07, 6.45) is -0.676. The number of nitrogens with one attached hydrogen (secondary N) is 1. The maximum Gasteiger partial charge on any atom is 0.258 e. The SMILES string of the molecule is Cc1ccc(OCC(=O)NCC(O)c2ccsc2)cc1. The number of hydrogen-bond acceptors (Lipinski definition) is 4. The highest BCUT2D eigenvalue weighted by Crippen LogP contribution is 2.15. The van der Waals surface area contributed by atoms with E-state index < -0.39 is 6.10 Å². The van der Waals surface area contributed by atoms with Gasteiger partial charge >= 0.3 is 0 Å². The van der Waals surface area contributed by atoms with Gasteiger partial charge in [0.2, 0.25) is 0 Å². The quantitative estimate of drug-likeness (QED) is 0.858. The second-order valence-corrected chi connectivity index (χ2v) is 5.26. The summed E-state index contributed by atoms with van der Waals surface area (Å²) < 4.78 is 5.35. The van der Waals surface area contributed by atoms with Crippen LogP contribution in [0.1, 0.15) is 17.2 Å². The number of hydrogen-bond donors (Lipinski definition) is 2. The molecule has 0 bridgehead atoms. The Kier molecular flexibility index (Phi) is 5.15. The van der Waals surface area contributed by atoms with E-state index in [-0.39, 0.29) is 19.1 Å². The molecule has 1 aromatic heterocycles. The zero-order valence-electron chi connectivity index (χ0n) is 11.2. The summed E-state index contributed by atoms with van der Waals surface area (Å²) in [6, 6.07) is 9.33. The monoisotopic (exact) mass is 291 g/mol. The summed E-state index contributed by atoms with van der Waals surface area (Å²) in [4.78, 5) is 11.6. The summed E-state index contributed by atoms with van der Waals surface area (Å²) in [6.45, 7) is 2.12. The first kappa shape index (κ1) is 14.6. The number of carbonyl (C=O) groups is 1. The van der Waals surface area contributed by atoms with E-state index in [0.717, 1.165) is 11.1 Å². The normalized spacial score (nSPS) is 11.9. The first-order valence-electron chi connectivity index (χ1n) is 6.31. The Labute approximate surface area is 122 Å². The maximum absolute atomic E-state index is 11.6. The van der Waals surface area contributed by atoms with Crippen molar-refractivity contribution in [3.63, 3.8) is 0 Å². The van der Waals surface area contributed by atoms with Crippen LogP contribution in [-0.2, 0) is 4.79 Å². The molecule has 2 aromatic rings. The van der Waals surface area contributed by atoms with Gasteiger partial charge in [-0.05, 0) is 41.4 Å². The van der Waals surface area contributed by atoms with Crippen molar-refractivity contribution in [2.75, 3.05) is 13.2 Å². The van der Waals surface area contributed by atoms with Gasteiger partial charge in [0.1, 0.15) is 5.75 Å². The zero-order chi connectivity index (χ0) is 14.4. The highest BCUT2D eigenvalue weighted by atomic mass is 32.1. The molecule has 0 aliphatic carbocycles. The lowest BCUT2D eigenvalue weighted by Crippen LogP contribution is -2.32. The number of aliphatic hydroxyl groups is 1. The number of ether oxygens (including phenoxy) is 1. The Morgan fingerprint density at radius 1 is 1.35 bits per heavy atom. The molecule has 0 aliphatic heterocycles. The number of benzene rings is 1. The van der Waals surface area contributed by atoms with Gasteiger partial charge < -0.3 is 15.2 Å². The van der Waals surface area contributed by atoms with E-state index in [1.807, 2.05) is 48.0 Å². The average Bonchev–Trinajstić information content (AvgIpc) is 2.98. The molecule has 0 saturated heterocycles. The minimum Gasteiger partial charge on any atom is -0.484 e. The minimum absolute atomic E-state index is 0.0561. The molecule has 1 amide bonds.